The fourth-order valence-corrected chi connectivity index (χ4v) is 1.25. The smallest absolute Gasteiger partial charge is 0.320 e. The number of carboxylic acids is 1. The van der Waals surface area contributed by atoms with Crippen molar-refractivity contribution < 1.29 is 9.90 Å². The van der Waals surface area contributed by atoms with E-state index in [1.807, 2.05) is 11.6 Å². The maximum atomic E-state index is 10.4. The summed E-state index contributed by atoms with van der Waals surface area (Å²) in [4.78, 5) is 14.4. The molecule has 0 spiro atoms. The molecule has 1 atom stereocenters. The van der Waals surface area contributed by atoms with E-state index in [-0.39, 0.29) is 0 Å². The third-order valence-electron chi connectivity index (χ3n) is 2.18. The zero-order valence-electron chi connectivity index (χ0n) is 8.18. The first-order chi connectivity index (χ1) is 6.61. The molecule has 0 radical (unpaired) electrons. The van der Waals surface area contributed by atoms with Crippen LogP contribution in [0.3, 0.4) is 0 Å². The van der Waals surface area contributed by atoms with Gasteiger partial charge in [0.15, 0.2) is 0 Å². The van der Waals surface area contributed by atoms with Gasteiger partial charge in [-0.3, -0.25) is 4.79 Å². The van der Waals surface area contributed by atoms with Crippen molar-refractivity contribution in [3.8, 4) is 0 Å². The van der Waals surface area contributed by atoms with Crippen LogP contribution in [0.5, 0.6) is 0 Å². The number of carbonyl (C=O) groups is 1. The highest BCUT2D eigenvalue weighted by Crippen LogP contribution is 2.04. The number of aliphatic carboxylic acids is 1. The van der Waals surface area contributed by atoms with Crippen LogP contribution in [0.25, 0.3) is 0 Å². The van der Waals surface area contributed by atoms with E-state index in [2.05, 4.69) is 4.98 Å². The molecule has 3 N–H and O–H groups in total. The summed E-state index contributed by atoms with van der Waals surface area (Å²) >= 11 is 0. The number of nitrogens with two attached hydrogens (primary N) is 1. The quantitative estimate of drug-likeness (QED) is 0.704. The normalized spacial score (nSPS) is 12.7. The van der Waals surface area contributed by atoms with Gasteiger partial charge in [-0.05, 0) is 19.3 Å². The van der Waals surface area contributed by atoms with Gasteiger partial charge in [0.25, 0.3) is 0 Å². The number of hydrogen-bond donors (Lipinski definition) is 2. The SMILES string of the molecule is Cn1cncc1CCC[C@H](N)C(=O)O. The molecule has 14 heavy (non-hydrogen) atoms. The van der Waals surface area contributed by atoms with E-state index in [1.54, 1.807) is 12.5 Å². The minimum atomic E-state index is -0.935. The van der Waals surface area contributed by atoms with Crippen LogP contribution in [-0.4, -0.2) is 26.7 Å². The maximum Gasteiger partial charge on any atom is 0.320 e. The predicted molar refractivity (Wildman–Crippen MR) is 51.8 cm³/mol. The number of hydrogen-bond acceptors (Lipinski definition) is 3. The third kappa shape index (κ3) is 2.85. The second-order valence-corrected chi connectivity index (χ2v) is 3.33. The Morgan fingerprint density at radius 1 is 1.79 bits per heavy atom. The molecule has 5 nitrogen and oxygen atoms in total. The standard InChI is InChI=1S/C9H15N3O2/c1-12-6-11-5-7(12)3-2-4-8(10)9(13)14/h5-6,8H,2-4,10H2,1H3,(H,13,14)/t8-/m0/s1. The van der Waals surface area contributed by atoms with Gasteiger partial charge in [-0.15, -0.1) is 0 Å². The summed E-state index contributed by atoms with van der Waals surface area (Å²) in [5, 5.41) is 8.55. The molecule has 78 valence electrons. The molecule has 0 amide bonds. The molecular formula is C9H15N3O2. The summed E-state index contributed by atoms with van der Waals surface area (Å²) in [5.41, 5.74) is 6.47. The zero-order valence-corrected chi connectivity index (χ0v) is 8.18. The van der Waals surface area contributed by atoms with Crippen LogP contribution in [0, 0.1) is 0 Å². The van der Waals surface area contributed by atoms with E-state index >= 15 is 0 Å². The lowest BCUT2D eigenvalue weighted by atomic mass is 10.1. The van der Waals surface area contributed by atoms with Crippen molar-refractivity contribution in [2.45, 2.75) is 25.3 Å². The van der Waals surface area contributed by atoms with Gasteiger partial charge in [0.1, 0.15) is 6.04 Å². The van der Waals surface area contributed by atoms with E-state index in [9.17, 15) is 4.79 Å². The number of imidazole rings is 1. The lowest BCUT2D eigenvalue weighted by molar-refractivity contribution is -0.138. The Balaban J connectivity index is 2.29. The van der Waals surface area contributed by atoms with Crippen molar-refractivity contribution in [3.05, 3.63) is 18.2 Å². The van der Waals surface area contributed by atoms with Crippen molar-refractivity contribution in [2.75, 3.05) is 0 Å². The molecule has 0 saturated carbocycles. The Labute approximate surface area is 82.6 Å². The molecular weight excluding hydrogens is 182 g/mol. The number of aryl methyl sites for hydroxylation is 2. The number of aromatic nitrogens is 2. The van der Waals surface area contributed by atoms with E-state index in [0.29, 0.717) is 6.42 Å². The molecule has 0 aromatic carbocycles. The lowest BCUT2D eigenvalue weighted by Gasteiger charge is -2.05. The van der Waals surface area contributed by atoms with Crippen LogP contribution in [0.15, 0.2) is 12.5 Å². The monoisotopic (exact) mass is 197 g/mol. The molecule has 1 rings (SSSR count). The van der Waals surface area contributed by atoms with Crippen LogP contribution >= 0.6 is 0 Å². The second kappa shape index (κ2) is 4.76. The van der Waals surface area contributed by atoms with E-state index in [0.717, 1.165) is 18.5 Å². The molecule has 1 heterocycles. The summed E-state index contributed by atoms with van der Waals surface area (Å²) in [6.45, 7) is 0. The first-order valence-corrected chi connectivity index (χ1v) is 4.55. The Morgan fingerprint density at radius 3 is 3.00 bits per heavy atom. The summed E-state index contributed by atoms with van der Waals surface area (Å²) in [5.74, 6) is -0.935. The van der Waals surface area contributed by atoms with E-state index < -0.39 is 12.0 Å². The Bertz CT molecular complexity index is 309. The van der Waals surface area contributed by atoms with E-state index in [4.69, 9.17) is 10.8 Å². The van der Waals surface area contributed by atoms with Crippen LogP contribution in [0.2, 0.25) is 0 Å². The fraction of sp³-hybridized carbons (Fsp3) is 0.556. The minimum absolute atomic E-state index is 0.501. The van der Waals surface area contributed by atoms with Crippen molar-refractivity contribution in [2.24, 2.45) is 12.8 Å². The van der Waals surface area contributed by atoms with Gasteiger partial charge in [-0.1, -0.05) is 0 Å². The molecule has 1 aromatic rings. The molecule has 1 aromatic heterocycles. The molecule has 5 heteroatoms. The van der Waals surface area contributed by atoms with Crippen molar-refractivity contribution in [3.63, 3.8) is 0 Å². The Morgan fingerprint density at radius 2 is 2.50 bits per heavy atom. The predicted octanol–water partition coefficient (Wildman–Crippen LogP) is 0.155. The third-order valence-corrected chi connectivity index (χ3v) is 2.18. The first-order valence-electron chi connectivity index (χ1n) is 4.55. The zero-order chi connectivity index (χ0) is 10.6. The summed E-state index contributed by atoms with van der Waals surface area (Å²) in [6.07, 6.45) is 5.60. The van der Waals surface area contributed by atoms with Gasteiger partial charge in [-0.25, -0.2) is 4.98 Å². The number of nitrogens with zero attached hydrogens (tertiary/aromatic N) is 2. The fourth-order valence-electron chi connectivity index (χ4n) is 1.25. The minimum Gasteiger partial charge on any atom is -0.480 e. The summed E-state index contributed by atoms with van der Waals surface area (Å²) < 4.78 is 1.92. The molecule has 0 bridgehead atoms. The van der Waals surface area contributed by atoms with Gasteiger partial charge in [0, 0.05) is 18.9 Å². The second-order valence-electron chi connectivity index (χ2n) is 3.33. The largest absolute Gasteiger partial charge is 0.480 e. The summed E-state index contributed by atoms with van der Waals surface area (Å²) in [6, 6.07) is -0.747. The van der Waals surface area contributed by atoms with Gasteiger partial charge in [0.05, 0.1) is 6.33 Å². The van der Waals surface area contributed by atoms with Crippen LogP contribution < -0.4 is 5.73 Å². The summed E-state index contributed by atoms with van der Waals surface area (Å²) in [7, 11) is 1.92. The Kier molecular flexibility index (Phi) is 3.64. The molecule has 0 aliphatic heterocycles. The molecule has 0 aliphatic rings. The maximum absolute atomic E-state index is 10.4. The highest BCUT2D eigenvalue weighted by atomic mass is 16.4. The van der Waals surface area contributed by atoms with Gasteiger partial charge >= 0.3 is 5.97 Å². The average Bonchev–Trinajstić information content (AvgIpc) is 2.51. The van der Waals surface area contributed by atoms with Crippen LogP contribution in [0.1, 0.15) is 18.5 Å². The molecule has 0 fully saturated rings. The van der Waals surface area contributed by atoms with Crippen molar-refractivity contribution >= 4 is 5.97 Å². The molecule has 0 aliphatic carbocycles. The average molecular weight is 197 g/mol. The van der Waals surface area contributed by atoms with Crippen LogP contribution in [0.4, 0.5) is 0 Å². The Hall–Kier alpha value is -1.36. The highest BCUT2D eigenvalue weighted by molar-refractivity contribution is 5.72. The lowest BCUT2D eigenvalue weighted by Crippen LogP contribution is -2.29. The molecule has 0 saturated heterocycles. The van der Waals surface area contributed by atoms with Crippen molar-refractivity contribution in [1.82, 2.24) is 9.55 Å². The highest BCUT2D eigenvalue weighted by Gasteiger charge is 2.10. The van der Waals surface area contributed by atoms with E-state index in [1.165, 1.54) is 0 Å². The van der Waals surface area contributed by atoms with Gasteiger partial charge < -0.3 is 15.4 Å². The molecule has 0 unspecified atom stereocenters. The number of rotatable bonds is 5. The van der Waals surface area contributed by atoms with Gasteiger partial charge in [-0.2, -0.15) is 0 Å². The topological polar surface area (TPSA) is 81.1 Å². The van der Waals surface area contributed by atoms with Crippen molar-refractivity contribution in [1.29, 1.82) is 0 Å². The number of carboxylic acid groups (broad SMARTS) is 1. The van der Waals surface area contributed by atoms with Crippen LogP contribution in [-0.2, 0) is 18.3 Å². The van der Waals surface area contributed by atoms with Gasteiger partial charge in [0.2, 0.25) is 0 Å². The first kappa shape index (κ1) is 10.7.